The summed E-state index contributed by atoms with van der Waals surface area (Å²) < 4.78 is 0. The molecule has 0 bridgehead atoms. The van der Waals surface area contributed by atoms with Gasteiger partial charge in [-0.3, -0.25) is 14.9 Å². The highest BCUT2D eigenvalue weighted by molar-refractivity contribution is 6.39. The van der Waals surface area contributed by atoms with E-state index in [0.717, 1.165) is 0 Å². The van der Waals surface area contributed by atoms with E-state index in [9.17, 15) is 14.9 Å². The van der Waals surface area contributed by atoms with E-state index in [1.807, 2.05) is 20.8 Å². The minimum absolute atomic E-state index is 0.0332. The number of nitrogens with one attached hydrogen (secondary N) is 2. The second-order valence-electron chi connectivity index (χ2n) is 5.19. The molecule has 0 aliphatic heterocycles. The highest BCUT2D eigenvalue weighted by Crippen LogP contribution is 2.34. The molecule has 1 amide bonds. The van der Waals surface area contributed by atoms with E-state index in [-0.39, 0.29) is 33.7 Å². The van der Waals surface area contributed by atoms with Crippen molar-refractivity contribution in [3.63, 3.8) is 0 Å². The highest BCUT2D eigenvalue weighted by Gasteiger charge is 2.17. The molecule has 0 saturated heterocycles. The number of amides is 1. The van der Waals surface area contributed by atoms with Gasteiger partial charge in [0.05, 0.1) is 27.2 Å². The van der Waals surface area contributed by atoms with Crippen LogP contribution in [0.5, 0.6) is 0 Å². The van der Waals surface area contributed by atoms with Gasteiger partial charge in [-0.1, -0.05) is 23.2 Å². The number of benzene rings is 1. The first-order valence-electron chi connectivity index (χ1n) is 5.78. The number of hydrogen-bond acceptors (Lipinski definition) is 4. The molecule has 0 spiro atoms. The van der Waals surface area contributed by atoms with Gasteiger partial charge in [-0.25, -0.2) is 0 Å². The Morgan fingerprint density at radius 3 is 2.20 bits per heavy atom. The van der Waals surface area contributed by atoms with E-state index >= 15 is 0 Å². The summed E-state index contributed by atoms with van der Waals surface area (Å²) >= 11 is 11.8. The molecule has 0 atom stereocenters. The normalized spacial score (nSPS) is 11.1. The Morgan fingerprint density at radius 1 is 1.30 bits per heavy atom. The van der Waals surface area contributed by atoms with Crippen LogP contribution in [-0.4, -0.2) is 22.9 Å². The second kappa shape index (κ2) is 6.28. The van der Waals surface area contributed by atoms with Crippen molar-refractivity contribution in [1.29, 1.82) is 0 Å². The summed E-state index contributed by atoms with van der Waals surface area (Å²) in [7, 11) is 0. The molecule has 0 fully saturated rings. The molecule has 0 aromatic heterocycles. The lowest BCUT2D eigenvalue weighted by atomic mass is 10.1. The monoisotopic (exact) mass is 319 g/mol. The molecule has 6 nitrogen and oxygen atoms in total. The van der Waals surface area contributed by atoms with Gasteiger partial charge < -0.3 is 10.6 Å². The average Bonchev–Trinajstić information content (AvgIpc) is 2.24. The first kappa shape index (κ1) is 16.5. The molecule has 2 N–H and O–H groups in total. The molecule has 110 valence electrons. The molecule has 0 saturated carbocycles. The predicted molar refractivity (Wildman–Crippen MR) is 79.5 cm³/mol. The predicted octanol–water partition coefficient (Wildman–Crippen LogP) is 3.23. The summed E-state index contributed by atoms with van der Waals surface area (Å²) in [5.41, 5.74) is -0.255. The maximum absolute atomic E-state index is 11.7. The quantitative estimate of drug-likeness (QED) is 0.659. The van der Waals surface area contributed by atoms with Crippen molar-refractivity contribution in [2.24, 2.45) is 0 Å². The van der Waals surface area contributed by atoms with Crippen LogP contribution in [0.4, 0.5) is 11.4 Å². The number of nitrogens with zero attached hydrogens (tertiary/aromatic N) is 1. The van der Waals surface area contributed by atoms with E-state index in [0.29, 0.717) is 5.69 Å². The fourth-order valence-corrected chi connectivity index (χ4v) is 2.07. The molecule has 0 aliphatic rings. The van der Waals surface area contributed by atoms with E-state index in [4.69, 9.17) is 23.2 Å². The summed E-state index contributed by atoms with van der Waals surface area (Å²) in [6.45, 7) is 5.54. The third-order valence-electron chi connectivity index (χ3n) is 2.18. The van der Waals surface area contributed by atoms with Gasteiger partial charge in [0.1, 0.15) is 0 Å². The molecule has 1 aromatic carbocycles. The zero-order valence-electron chi connectivity index (χ0n) is 11.3. The first-order valence-corrected chi connectivity index (χ1v) is 6.54. The third-order valence-corrected chi connectivity index (χ3v) is 2.77. The van der Waals surface area contributed by atoms with Gasteiger partial charge in [-0.15, -0.1) is 0 Å². The topological polar surface area (TPSA) is 84.3 Å². The van der Waals surface area contributed by atoms with Gasteiger partial charge in [0.25, 0.3) is 5.69 Å². The van der Waals surface area contributed by atoms with Crippen LogP contribution >= 0.6 is 23.2 Å². The van der Waals surface area contributed by atoms with Crippen LogP contribution in [0.3, 0.4) is 0 Å². The van der Waals surface area contributed by atoms with Gasteiger partial charge in [0.2, 0.25) is 5.91 Å². The molecule has 1 rings (SSSR count). The van der Waals surface area contributed by atoms with Gasteiger partial charge in [-0.05, 0) is 20.8 Å². The smallest absolute Gasteiger partial charge is 0.272 e. The number of carbonyl (C=O) groups excluding carboxylic acids is 1. The third kappa shape index (κ3) is 4.86. The summed E-state index contributed by atoms with van der Waals surface area (Å²) in [6, 6.07) is 2.36. The largest absolute Gasteiger partial charge is 0.374 e. The lowest BCUT2D eigenvalue weighted by Crippen LogP contribution is -2.43. The molecule has 0 radical (unpaired) electrons. The Hall–Kier alpha value is -1.53. The van der Waals surface area contributed by atoms with Crippen molar-refractivity contribution >= 4 is 40.5 Å². The number of nitro benzene ring substituents is 1. The molecule has 20 heavy (non-hydrogen) atoms. The Balaban J connectivity index is 2.79. The number of rotatable bonds is 4. The van der Waals surface area contributed by atoms with Gasteiger partial charge in [0.15, 0.2) is 0 Å². The van der Waals surface area contributed by atoms with E-state index < -0.39 is 4.92 Å². The zero-order chi connectivity index (χ0) is 15.5. The van der Waals surface area contributed by atoms with Crippen LogP contribution < -0.4 is 10.6 Å². The molecule has 0 aliphatic carbocycles. The van der Waals surface area contributed by atoms with Gasteiger partial charge in [-0.2, -0.15) is 0 Å². The molecule has 1 aromatic rings. The van der Waals surface area contributed by atoms with Crippen LogP contribution in [0.1, 0.15) is 20.8 Å². The first-order chi connectivity index (χ1) is 9.10. The molecule has 0 heterocycles. The molecule has 8 heteroatoms. The van der Waals surface area contributed by atoms with Crippen molar-refractivity contribution in [3.05, 3.63) is 32.3 Å². The average molecular weight is 320 g/mol. The standard InChI is InChI=1S/C12H15Cl2N3O3/c1-12(2,3)16-10(18)6-15-11-8(13)4-7(17(19)20)5-9(11)14/h4-5,15H,6H2,1-3H3,(H,16,18). The summed E-state index contributed by atoms with van der Waals surface area (Å²) in [5, 5.41) is 16.4. The Kier molecular flexibility index (Phi) is 5.19. The number of hydrogen-bond donors (Lipinski definition) is 2. The molecular weight excluding hydrogens is 305 g/mol. The zero-order valence-corrected chi connectivity index (χ0v) is 12.8. The number of nitro groups is 1. The van der Waals surface area contributed by atoms with Gasteiger partial charge >= 0.3 is 0 Å². The van der Waals surface area contributed by atoms with E-state index in [1.54, 1.807) is 0 Å². The highest BCUT2D eigenvalue weighted by atomic mass is 35.5. The van der Waals surface area contributed by atoms with Crippen LogP contribution in [0.2, 0.25) is 10.0 Å². The molecular formula is C12H15Cl2N3O3. The number of halogens is 2. The Bertz CT molecular complexity index is 518. The maximum atomic E-state index is 11.7. The second-order valence-corrected chi connectivity index (χ2v) is 6.01. The van der Waals surface area contributed by atoms with Crippen LogP contribution in [0, 0.1) is 10.1 Å². The van der Waals surface area contributed by atoms with Crippen LogP contribution in [-0.2, 0) is 4.79 Å². The summed E-state index contributed by atoms with van der Waals surface area (Å²) in [5.74, 6) is -0.233. The number of anilines is 1. The lowest BCUT2D eigenvalue weighted by Gasteiger charge is -2.21. The number of non-ortho nitro benzene ring substituents is 1. The number of carbonyl (C=O) groups is 1. The van der Waals surface area contributed by atoms with Crippen molar-refractivity contribution in [3.8, 4) is 0 Å². The van der Waals surface area contributed by atoms with E-state index in [2.05, 4.69) is 10.6 Å². The summed E-state index contributed by atoms with van der Waals surface area (Å²) in [6.07, 6.45) is 0. The van der Waals surface area contributed by atoms with Crippen molar-refractivity contribution in [2.75, 3.05) is 11.9 Å². The minimum atomic E-state index is -0.589. The lowest BCUT2D eigenvalue weighted by molar-refractivity contribution is -0.384. The van der Waals surface area contributed by atoms with Crippen molar-refractivity contribution in [2.45, 2.75) is 26.3 Å². The minimum Gasteiger partial charge on any atom is -0.374 e. The van der Waals surface area contributed by atoms with Crippen molar-refractivity contribution in [1.82, 2.24) is 5.32 Å². The van der Waals surface area contributed by atoms with Crippen LogP contribution in [0.15, 0.2) is 12.1 Å². The fraction of sp³-hybridized carbons (Fsp3) is 0.417. The van der Waals surface area contributed by atoms with Gasteiger partial charge in [0, 0.05) is 17.7 Å². The Labute approximate surface area is 126 Å². The summed E-state index contributed by atoms with van der Waals surface area (Å²) in [4.78, 5) is 21.7. The van der Waals surface area contributed by atoms with Crippen molar-refractivity contribution < 1.29 is 9.72 Å². The van der Waals surface area contributed by atoms with Crippen LogP contribution in [0.25, 0.3) is 0 Å². The SMILES string of the molecule is CC(C)(C)NC(=O)CNc1c(Cl)cc([N+](=O)[O-])cc1Cl. The fourth-order valence-electron chi connectivity index (χ4n) is 1.47. The maximum Gasteiger partial charge on any atom is 0.272 e. The molecule has 0 unspecified atom stereocenters. The Morgan fingerprint density at radius 2 is 1.80 bits per heavy atom. The van der Waals surface area contributed by atoms with E-state index in [1.165, 1.54) is 12.1 Å².